The summed E-state index contributed by atoms with van der Waals surface area (Å²) in [5.74, 6) is 0.707. The second-order valence-corrected chi connectivity index (χ2v) is 4.36. The van der Waals surface area contributed by atoms with Crippen molar-refractivity contribution < 1.29 is 4.74 Å². The highest BCUT2D eigenvalue weighted by Crippen LogP contribution is 2.17. The van der Waals surface area contributed by atoms with Crippen LogP contribution < -0.4 is 0 Å². The number of methoxy groups -OCH3 is 1. The number of ether oxygens (including phenoxy) is 1. The van der Waals surface area contributed by atoms with Gasteiger partial charge in [0.1, 0.15) is 0 Å². The molecule has 0 bridgehead atoms. The molecular weight excluding hydrogens is 162 g/mol. The van der Waals surface area contributed by atoms with E-state index in [0.717, 1.165) is 6.61 Å². The van der Waals surface area contributed by atoms with E-state index in [1.807, 2.05) is 0 Å². The number of hydrogen-bond acceptors (Lipinski definition) is 2. The Hall–Kier alpha value is -0.0800. The average Bonchev–Trinajstić information content (AvgIpc) is 2.15. The third-order valence-electron chi connectivity index (χ3n) is 2.97. The molecule has 1 aliphatic rings. The molecule has 0 saturated carbocycles. The molecule has 2 nitrogen and oxygen atoms in total. The van der Waals surface area contributed by atoms with Crippen LogP contribution in [0.25, 0.3) is 0 Å². The topological polar surface area (TPSA) is 12.5 Å². The van der Waals surface area contributed by atoms with E-state index in [0.29, 0.717) is 12.0 Å². The number of hydrogen-bond donors (Lipinski definition) is 0. The molecule has 1 saturated heterocycles. The highest BCUT2D eigenvalue weighted by molar-refractivity contribution is 4.77. The molecule has 1 rings (SSSR count). The fraction of sp³-hybridized carbons (Fsp3) is 1.00. The van der Waals surface area contributed by atoms with Crippen LogP contribution in [0.2, 0.25) is 0 Å². The Morgan fingerprint density at radius 1 is 1.15 bits per heavy atom. The van der Waals surface area contributed by atoms with E-state index in [-0.39, 0.29) is 0 Å². The summed E-state index contributed by atoms with van der Waals surface area (Å²) in [6.45, 7) is 8.01. The lowest BCUT2D eigenvalue weighted by atomic mass is 10.00. The quantitative estimate of drug-likeness (QED) is 0.665. The number of likely N-dealkylation sites (tertiary alicyclic amines) is 1. The highest BCUT2D eigenvalue weighted by Gasteiger charge is 2.22. The van der Waals surface area contributed by atoms with Gasteiger partial charge in [0.15, 0.2) is 0 Å². The Labute approximate surface area is 82.3 Å². The summed E-state index contributed by atoms with van der Waals surface area (Å²) in [5.41, 5.74) is 0. The molecule has 2 heteroatoms. The summed E-state index contributed by atoms with van der Waals surface area (Å²) >= 11 is 0. The molecule has 1 heterocycles. The van der Waals surface area contributed by atoms with Gasteiger partial charge in [-0.05, 0) is 31.8 Å². The molecule has 0 aromatic rings. The summed E-state index contributed by atoms with van der Waals surface area (Å²) in [6.07, 6.45) is 4.15. The molecule has 0 radical (unpaired) electrons. The molecule has 0 amide bonds. The molecule has 0 aliphatic carbocycles. The fourth-order valence-corrected chi connectivity index (χ4v) is 2.14. The summed E-state index contributed by atoms with van der Waals surface area (Å²) in [7, 11) is 1.80. The zero-order valence-electron chi connectivity index (χ0n) is 9.25. The lowest BCUT2D eigenvalue weighted by Gasteiger charge is -2.36. The van der Waals surface area contributed by atoms with Crippen molar-refractivity contribution in [2.45, 2.75) is 39.2 Å². The van der Waals surface area contributed by atoms with Gasteiger partial charge in [-0.25, -0.2) is 0 Å². The maximum absolute atomic E-state index is 5.28. The Morgan fingerprint density at radius 2 is 1.77 bits per heavy atom. The van der Waals surface area contributed by atoms with Crippen LogP contribution >= 0.6 is 0 Å². The average molecular weight is 185 g/mol. The molecule has 0 aromatic carbocycles. The van der Waals surface area contributed by atoms with Crippen molar-refractivity contribution in [1.29, 1.82) is 0 Å². The second-order valence-electron chi connectivity index (χ2n) is 4.36. The van der Waals surface area contributed by atoms with Crippen molar-refractivity contribution in [3.05, 3.63) is 0 Å². The van der Waals surface area contributed by atoms with Crippen LogP contribution in [-0.4, -0.2) is 37.7 Å². The van der Waals surface area contributed by atoms with E-state index in [1.165, 1.54) is 32.4 Å². The zero-order valence-corrected chi connectivity index (χ0v) is 9.25. The lowest BCUT2D eigenvalue weighted by Crippen LogP contribution is -2.44. The van der Waals surface area contributed by atoms with Crippen molar-refractivity contribution in [3.63, 3.8) is 0 Å². The van der Waals surface area contributed by atoms with Crippen molar-refractivity contribution in [1.82, 2.24) is 4.90 Å². The van der Waals surface area contributed by atoms with Gasteiger partial charge in [0.2, 0.25) is 0 Å². The first kappa shape index (κ1) is 11.0. The fourth-order valence-electron chi connectivity index (χ4n) is 2.14. The molecule has 78 valence electrons. The van der Waals surface area contributed by atoms with Gasteiger partial charge in [0.25, 0.3) is 0 Å². The Balaban J connectivity index is 2.41. The minimum Gasteiger partial charge on any atom is -0.383 e. The minimum atomic E-state index is 0.630. The van der Waals surface area contributed by atoms with Crippen molar-refractivity contribution in [2.75, 3.05) is 26.8 Å². The van der Waals surface area contributed by atoms with E-state index < -0.39 is 0 Å². The third kappa shape index (κ3) is 3.28. The van der Waals surface area contributed by atoms with Crippen LogP contribution in [0.5, 0.6) is 0 Å². The molecule has 1 atom stereocenters. The first-order valence-corrected chi connectivity index (χ1v) is 5.48. The van der Waals surface area contributed by atoms with Crippen molar-refractivity contribution in [3.8, 4) is 0 Å². The molecular formula is C11H23NO. The number of piperidine rings is 1. The monoisotopic (exact) mass is 185 g/mol. The predicted octanol–water partition coefficient (Wildman–Crippen LogP) is 2.14. The van der Waals surface area contributed by atoms with E-state index >= 15 is 0 Å². The van der Waals surface area contributed by atoms with E-state index in [2.05, 4.69) is 18.7 Å². The molecule has 1 fully saturated rings. The summed E-state index contributed by atoms with van der Waals surface area (Å²) in [6, 6.07) is 0.630. The van der Waals surface area contributed by atoms with Crippen LogP contribution in [0, 0.1) is 5.92 Å². The van der Waals surface area contributed by atoms with E-state index in [4.69, 9.17) is 4.74 Å². The van der Waals surface area contributed by atoms with Gasteiger partial charge in [0.05, 0.1) is 6.61 Å². The van der Waals surface area contributed by atoms with E-state index in [1.54, 1.807) is 7.11 Å². The van der Waals surface area contributed by atoms with Crippen LogP contribution in [0.4, 0.5) is 0 Å². The summed E-state index contributed by atoms with van der Waals surface area (Å²) < 4.78 is 5.28. The van der Waals surface area contributed by atoms with Crippen LogP contribution in [0.15, 0.2) is 0 Å². The maximum atomic E-state index is 5.28. The van der Waals surface area contributed by atoms with Gasteiger partial charge in [-0.2, -0.15) is 0 Å². The summed E-state index contributed by atoms with van der Waals surface area (Å²) in [5, 5.41) is 0. The molecule has 0 aromatic heterocycles. The molecule has 0 N–H and O–H groups in total. The van der Waals surface area contributed by atoms with Gasteiger partial charge in [0, 0.05) is 13.2 Å². The zero-order chi connectivity index (χ0) is 9.68. The lowest BCUT2D eigenvalue weighted by molar-refractivity contribution is 0.0525. The van der Waals surface area contributed by atoms with Gasteiger partial charge in [-0.15, -0.1) is 0 Å². The van der Waals surface area contributed by atoms with E-state index in [9.17, 15) is 0 Å². The summed E-state index contributed by atoms with van der Waals surface area (Å²) in [4.78, 5) is 2.59. The number of rotatable bonds is 4. The highest BCUT2D eigenvalue weighted by atomic mass is 16.5. The molecule has 0 spiro atoms. The predicted molar refractivity (Wildman–Crippen MR) is 55.9 cm³/mol. The Bertz CT molecular complexity index is 130. The second kappa shape index (κ2) is 5.61. The van der Waals surface area contributed by atoms with Crippen LogP contribution in [0.1, 0.15) is 33.1 Å². The van der Waals surface area contributed by atoms with Gasteiger partial charge < -0.3 is 4.74 Å². The third-order valence-corrected chi connectivity index (χ3v) is 2.97. The number of nitrogens with zero attached hydrogens (tertiary/aromatic N) is 1. The molecule has 1 aliphatic heterocycles. The Kier molecular flexibility index (Phi) is 4.74. The molecule has 13 heavy (non-hydrogen) atoms. The normalized spacial score (nSPS) is 22.2. The smallest absolute Gasteiger partial charge is 0.0620 e. The SMILES string of the molecule is COCC(C(C)C)N1CCCCC1. The molecule has 1 unspecified atom stereocenters. The maximum Gasteiger partial charge on any atom is 0.0620 e. The van der Waals surface area contributed by atoms with Crippen LogP contribution in [0.3, 0.4) is 0 Å². The minimum absolute atomic E-state index is 0.630. The van der Waals surface area contributed by atoms with Gasteiger partial charge in [-0.3, -0.25) is 4.90 Å². The van der Waals surface area contributed by atoms with Gasteiger partial charge in [-0.1, -0.05) is 20.3 Å². The standard InChI is InChI=1S/C11H23NO/c1-10(2)11(9-13-3)12-7-5-4-6-8-12/h10-11H,4-9H2,1-3H3. The first-order chi connectivity index (χ1) is 6.25. The van der Waals surface area contributed by atoms with Crippen molar-refractivity contribution >= 4 is 0 Å². The van der Waals surface area contributed by atoms with Crippen molar-refractivity contribution in [2.24, 2.45) is 5.92 Å². The van der Waals surface area contributed by atoms with Crippen LogP contribution in [-0.2, 0) is 4.74 Å². The largest absolute Gasteiger partial charge is 0.383 e. The van der Waals surface area contributed by atoms with Gasteiger partial charge >= 0.3 is 0 Å². The Morgan fingerprint density at radius 3 is 2.23 bits per heavy atom. The first-order valence-electron chi connectivity index (χ1n) is 5.48.